The molecule has 2 aromatic heterocycles. The fraction of sp³-hybridized carbons (Fsp3) is 0.414. The fourth-order valence-corrected chi connectivity index (χ4v) is 4.57. The van der Waals surface area contributed by atoms with Crippen LogP contribution in [-0.2, 0) is 9.47 Å². The van der Waals surface area contributed by atoms with Crippen molar-refractivity contribution in [2.45, 2.75) is 40.5 Å². The number of pyridine rings is 2. The van der Waals surface area contributed by atoms with Gasteiger partial charge in [-0.3, -0.25) is 9.80 Å². The molecule has 13 heteroatoms. The molecule has 216 valence electrons. The van der Waals surface area contributed by atoms with Gasteiger partial charge in [-0.1, -0.05) is 26.0 Å². The van der Waals surface area contributed by atoms with E-state index in [9.17, 15) is 14.4 Å². The van der Waals surface area contributed by atoms with Gasteiger partial charge in [0.1, 0.15) is 0 Å². The molecule has 0 aromatic carbocycles. The van der Waals surface area contributed by atoms with Crippen LogP contribution in [0, 0.1) is 11.8 Å². The molecule has 0 N–H and O–H groups in total. The Kier molecular flexibility index (Phi) is 15.9. The Morgan fingerprint density at radius 3 is 1.55 bits per heavy atom. The molecule has 2 aliphatic heterocycles. The van der Waals surface area contributed by atoms with Gasteiger partial charge in [0, 0.05) is 48.7 Å². The van der Waals surface area contributed by atoms with Gasteiger partial charge in [-0.2, -0.15) is 0 Å². The Morgan fingerprint density at radius 1 is 0.762 bits per heavy atom. The summed E-state index contributed by atoms with van der Waals surface area (Å²) in [5, 5.41) is 0. The summed E-state index contributed by atoms with van der Waals surface area (Å²) in [7, 11) is 0. The van der Waals surface area contributed by atoms with Crippen LogP contribution in [0.15, 0.2) is 48.8 Å². The molecule has 2 aliphatic rings. The van der Waals surface area contributed by atoms with E-state index in [0.29, 0.717) is 60.6 Å². The van der Waals surface area contributed by atoms with Crippen molar-refractivity contribution in [3.63, 3.8) is 0 Å². The maximum atomic E-state index is 13.1. The molecule has 0 bridgehead atoms. The SMILES string of the molecule is CCOc1cc(C2=CC[C@H](C)CN2C(=O)OC(=O)OC(=O)N2C[C@@H](C)CC=C2c2ccnc(OCC)c2)ccn1.[KH].[KH]. The molecule has 0 saturated carbocycles. The number of hydrogen-bond acceptors (Lipinski definition) is 9. The van der Waals surface area contributed by atoms with E-state index in [1.54, 1.807) is 36.7 Å². The number of carbonyl (C=O) groups is 3. The molecule has 2 atom stereocenters. The summed E-state index contributed by atoms with van der Waals surface area (Å²) in [5.74, 6) is 1.10. The second kappa shape index (κ2) is 18.0. The van der Waals surface area contributed by atoms with E-state index in [4.69, 9.17) is 18.9 Å². The molecule has 0 fully saturated rings. The molecule has 2 aromatic rings. The second-order valence-electron chi connectivity index (χ2n) is 9.70. The molecule has 11 nitrogen and oxygen atoms in total. The Hall–Kier alpha value is -1.14. The van der Waals surface area contributed by atoms with Gasteiger partial charge in [0.25, 0.3) is 0 Å². The van der Waals surface area contributed by atoms with Crippen LogP contribution >= 0.6 is 0 Å². The van der Waals surface area contributed by atoms with Crippen molar-refractivity contribution in [2.75, 3.05) is 26.3 Å². The molecule has 0 saturated heterocycles. The van der Waals surface area contributed by atoms with Crippen molar-refractivity contribution in [1.82, 2.24) is 19.8 Å². The number of ether oxygens (including phenoxy) is 4. The van der Waals surface area contributed by atoms with E-state index in [1.807, 2.05) is 39.8 Å². The first-order chi connectivity index (χ1) is 19.3. The summed E-state index contributed by atoms with van der Waals surface area (Å²) in [6.45, 7) is 9.19. The van der Waals surface area contributed by atoms with Crippen molar-refractivity contribution in [2.24, 2.45) is 11.8 Å². The van der Waals surface area contributed by atoms with Crippen LogP contribution in [0.1, 0.15) is 51.7 Å². The zero-order valence-corrected chi connectivity index (χ0v) is 23.2. The summed E-state index contributed by atoms with van der Waals surface area (Å²) in [5.41, 5.74) is 2.49. The van der Waals surface area contributed by atoms with Crippen molar-refractivity contribution < 1.29 is 33.3 Å². The quantitative estimate of drug-likeness (QED) is 0.259. The van der Waals surface area contributed by atoms with Crippen LogP contribution in [0.3, 0.4) is 0 Å². The standard InChI is InChI=1S/C29H34N4O7.2K.2H/c1-5-37-25-15-21(11-13-30-25)23-9-7-19(3)17-32(23)27(34)39-29(36)40-28(35)33-18-20(4)8-10-24(33)22-12-14-31-26(16-22)38-6-2;;;;/h9-16,19-20H,5-8,17-18H2,1-4H3;;;;/t19-,20-;;;;/m0..../s1. The Labute approximate surface area is 331 Å². The average molecular weight is 631 g/mol. The number of amides is 2. The van der Waals surface area contributed by atoms with Gasteiger partial charge in [0.05, 0.1) is 24.6 Å². The van der Waals surface area contributed by atoms with Crippen LogP contribution in [0.4, 0.5) is 14.4 Å². The van der Waals surface area contributed by atoms with Crippen LogP contribution in [0.5, 0.6) is 11.8 Å². The van der Waals surface area contributed by atoms with Crippen molar-refractivity contribution in [3.8, 4) is 11.8 Å². The van der Waals surface area contributed by atoms with Gasteiger partial charge in [-0.05, 0) is 50.7 Å². The van der Waals surface area contributed by atoms with E-state index in [-0.39, 0.29) is 115 Å². The number of hydrogen-bond donors (Lipinski definition) is 0. The topological polar surface area (TPSA) is 120 Å². The van der Waals surface area contributed by atoms with Crippen LogP contribution in [-0.4, -0.2) is 167 Å². The van der Waals surface area contributed by atoms with Crippen LogP contribution < -0.4 is 9.47 Å². The molecular weight excluding hydrogens is 595 g/mol. The first kappa shape index (κ1) is 37.1. The van der Waals surface area contributed by atoms with E-state index < -0.39 is 18.3 Å². The average Bonchev–Trinajstić information content (AvgIpc) is 2.93. The molecule has 2 amide bonds. The molecule has 4 rings (SSSR count). The summed E-state index contributed by atoms with van der Waals surface area (Å²) in [4.78, 5) is 49.9. The van der Waals surface area contributed by atoms with Crippen molar-refractivity contribution in [1.29, 1.82) is 0 Å². The first-order valence-electron chi connectivity index (χ1n) is 13.4. The van der Waals surface area contributed by atoms with E-state index in [1.165, 1.54) is 9.80 Å². The summed E-state index contributed by atoms with van der Waals surface area (Å²) < 4.78 is 20.9. The Balaban J connectivity index is 0.00000308. The molecular formula is C29H36K2N4O7. The van der Waals surface area contributed by atoms with Crippen molar-refractivity contribution >= 4 is 133 Å². The molecule has 0 radical (unpaired) electrons. The van der Waals surface area contributed by atoms with Gasteiger partial charge in [0.2, 0.25) is 11.8 Å². The van der Waals surface area contributed by atoms with Gasteiger partial charge in [-0.25, -0.2) is 24.4 Å². The third-order valence-corrected chi connectivity index (χ3v) is 6.42. The predicted octanol–water partition coefficient (Wildman–Crippen LogP) is 4.44. The Bertz CT molecular complexity index is 1220. The van der Waals surface area contributed by atoms with Crippen LogP contribution in [0.25, 0.3) is 11.4 Å². The van der Waals surface area contributed by atoms with E-state index in [2.05, 4.69) is 9.97 Å². The Morgan fingerprint density at radius 2 is 1.17 bits per heavy atom. The maximum absolute atomic E-state index is 13.1. The fourth-order valence-electron chi connectivity index (χ4n) is 4.57. The minimum absolute atomic E-state index is 0. The third-order valence-electron chi connectivity index (χ3n) is 6.42. The van der Waals surface area contributed by atoms with Crippen LogP contribution in [0.2, 0.25) is 0 Å². The second-order valence-corrected chi connectivity index (χ2v) is 9.70. The number of nitrogens with zero attached hydrogens (tertiary/aromatic N) is 4. The molecule has 0 spiro atoms. The molecule has 4 heterocycles. The third kappa shape index (κ3) is 9.94. The number of aromatic nitrogens is 2. The zero-order valence-electron chi connectivity index (χ0n) is 23.2. The number of allylic oxidation sites excluding steroid dienone is 2. The predicted molar refractivity (Wildman–Crippen MR) is 160 cm³/mol. The van der Waals surface area contributed by atoms with Gasteiger partial charge in [0.15, 0.2) is 0 Å². The normalized spacial score (nSPS) is 17.9. The van der Waals surface area contributed by atoms with E-state index >= 15 is 0 Å². The molecule has 0 unspecified atom stereocenters. The number of rotatable bonds is 6. The van der Waals surface area contributed by atoms with Gasteiger partial charge in [-0.15, -0.1) is 0 Å². The zero-order chi connectivity index (χ0) is 28.6. The monoisotopic (exact) mass is 630 g/mol. The van der Waals surface area contributed by atoms with Crippen molar-refractivity contribution in [3.05, 3.63) is 59.9 Å². The van der Waals surface area contributed by atoms with Gasteiger partial charge < -0.3 is 18.9 Å². The summed E-state index contributed by atoms with van der Waals surface area (Å²) in [6.07, 6.45) is 5.14. The molecule has 42 heavy (non-hydrogen) atoms. The number of carbonyl (C=O) groups excluding carboxylic acids is 3. The van der Waals surface area contributed by atoms with E-state index in [0.717, 1.165) is 12.8 Å². The first-order valence-corrected chi connectivity index (χ1v) is 13.4. The summed E-state index contributed by atoms with van der Waals surface area (Å²) in [6, 6.07) is 6.92. The summed E-state index contributed by atoms with van der Waals surface area (Å²) >= 11 is 0. The minimum atomic E-state index is -1.40. The van der Waals surface area contributed by atoms with Gasteiger partial charge >= 0.3 is 121 Å². The molecule has 0 aliphatic carbocycles.